The van der Waals surface area contributed by atoms with Crippen LogP contribution in [0.15, 0.2) is 200 Å². The van der Waals surface area contributed by atoms with E-state index in [-0.39, 0.29) is 0 Å². The maximum atomic E-state index is 2.49. The predicted molar refractivity (Wildman–Crippen MR) is 238 cm³/mol. The SMILES string of the molecule is c1ccc2cc(-c3ccc(N(c4cccc5ccccc45)c4cc5cccc6c7cccc8ccc9cccc(c%10cccc4c%10c56)c9c87)cc3)ccc2c1. The number of hydrogen-bond donors (Lipinski definition) is 0. The van der Waals surface area contributed by atoms with Crippen molar-refractivity contribution in [3.05, 3.63) is 200 Å². The van der Waals surface area contributed by atoms with Gasteiger partial charge in [0.25, 0.3) is 0 Å². The van der Waals surface area contributed by atoms with Crippen molar-refractivity contribution in [1.82, 2.24) is 0 Å². The molecule has 0 heterocycles. The van der Waals surface area contributed by atoms with Crippen molar-refractivity contribution >= 4 is 103 Å². The van der Waals surface area contributed by atoms with Crippen molar-refractivity contribution in [2.45, 2.75) is 0 Å². The molecule has 0 N–H and O–H groups in total. The van der Waals surface area contributed by atoms with Gasteiger partial charge in [0.2, 0.25) is 0 Å². The maximum Gasteiger partial charge on any atom is 0.0546 e. The fourth-order valence-electron chi connectivity index (χ4n) is 9.45. The Kier molecular flexibility index (Phi) is 6.40. The first-order chi connectivity index (χ1) is 27.3. The summed E-state index contributed by atoms with van der Waals surface area (Å²) >= 11 is 0. The van der Waals surface area contributed by atoms with Crippen molar-refractivity contribution in [3.8, 4) is 11.1 Å². The van der Waals surface area contributed by atoms with Crippen LogP contribution in [0.5, 0.6) is 0 Å². The molecule has 0 aliphatic heterocycles. The number of rotatable bonds is 4. The van der Waals surface area contributed by atoms with E-state index < -0.39 is 0 Å². The van der Waals surface area contributed by atoms with Crippen LogP contribution < -0.4 is 4.90 Å². The van der Waals surface area contributed by atoms with E-state index in [9.17, 15) is 0 Å². The van der Waals surface area contributed by atoms with Gasteiger partial charge in [-0.25, -0.2) is 0 Å². The van der Waals surface area contributed by atoms with Crippen LogP contribution >= 0.6 is 0 Å². The van der Waals surface area contributed by atoms with Crippen LogP contribution in [0.2, 0.25) is 0 Å². The molecule has 55 heavy (non-hydrogen) atoms. The van der Waals surface area contributed by atoms with Gasteiger partial charge in [0.05, 0.1) is 11.4 Å². The van der Waals surface area contributed by atoms with Gasteiger partial charge in [-0.15, -0.1) is 0 Å². The molecule has 0 saturated heterocycles. The summed E-state index contributed by atoms with van der Waals surface area (Å²) in [5, 5.41) is 20.3. The van der Waals surface area contributed by atoms with E-state index >= 15 is 0 Å². The highest BCUT2D eigenvalue weighted by Crippen LogP contribution is 2.49. The molecule has 0 saturated carbocycles. The summed E-state index contributed by atoms with van der Waals surface area (Å²) in [6.45, 7) is 0. The van der Waals surface area contributed by atoms with Crippen molar-refractivity contribution in [3.63, 3.8) is 0 Å². The van der Waals surface area contributed by atoms with E-state index in [1.807, 2.05) is 0 Å². The van der Waals surface area contributed by atoms with Crippen molar-refractivity contribution in [2.75, 3.05) is 4.90 Å². The molecule has 0 fully saturated rings. The molecule has 0 aliphatic rings. The Morgan fingerprint density at radius 1 is 0.236 bits per heavy atom. The lowest BCUT2D eigenvalue weighted by atomic mass is 9.87. The molecule has 1 nitrogen and oxygen atoms in total. The minimum Gasteiger partial charge on any atom is -0.309 e. The Bertz CT molecular complexity index is 3480. The maximum absolute atomic E-state index is 2.49. The van der Waals surface area contributed by atoms with E-state index in [0.29, 0.717) is 0 Å². The van der Waals surface area contributed by atoms with Gasteiger partial charge < -0.3 is 4.90 Å². The van der Waals surface area contributed by atoms with Gasteiger partial charge in [0.1, 0.15) is 0 Å². The first-order valence-corrected chi connectivity index (χ1v) is 19.1. The minimum absolute atomic E-state index is 1.12. The van der Waals surface area contributed by atoms with Gasteiger partial charge in [-0.1, -0.05) is 170 Å². The van der Waals surface area contributed by atoms with Crippen LogP contribution in [0.1, 0.15) is 0 Å². The summed E-state index contributed by atoms with van der Waals surface area (Å²) in [4.78, 5) is 2.49. The summed E-state index contributed by atoms with van der Waals surface area (Å²) in [5.74, 6) is 0. The Morgan fingerprint density at radius 3 is 1.44 bits per heavy atom. The van der Waals surface area contributed by atoms with Crippen molar-refractivity contribution in [1.29, 1.82) is 0 Å². The van der Waals surface area contributed by atoms with Crippen molar-refractivity contribution in [2.24, 2.45) is 0 Å². The molecule has 0 aliphatic carbocycles. The van der Waals surface area contributed by atoms with Gasteiger partial charge in [-0.3, -0.25) is 0 Å². The largest absolute Gasteiger partial charge is 0.309 e. The number of benzene rings is 11. The molecule has 12 rings (SSSR count). The molecular weight excluding hydrogens is 663 g/mol. The van der Waals surface area contributed by atoms with E-state index in [1.165, 1.54) is 97.3 Å². The fourth-order valence-corrected chi connectivity index (χ4v) is 9.45. The van der Waals surface area contributed by atoms with Gasteiger partial charge in [-0.2, -0.15) is 0 Å². The van der Waals surface area contributed by atoms with Crippen LogP contribution in [-0.4, -0.2) is 0 Å². The Hall–Kier alpha value is -7.22. The molecule has 0 amide bonds. The van der Waals surface area contributed by atoms with Gasteiger partial charge in [0, 0.05) is 21.8 Å². The van der Waals surface area contributed by atoms with E-state index in [1.54, 1.807) is 0 Å². The van der Waals surface area contributed by atoms with Crippen LogP contribution in [-0.2, 0) is 0 Å². The zero-order valence-corrected chi connectivity index (χ0v) is 30.0. The number of hydrogen-bond acceptors (Lipinski definition) is 1. The second-order valence-electron chi connectivity index (χ2n) is 14.8. The third kappa shape index (κ3) is 4.48. The smallest absolute Gasteiger partial charge is 0.0546 e. The molecule has 0 atom stereocenters. The molecule has 12 aromatic rings. The highest BCUT2D eigenvalue weighted by Gasteiger charge is 2.22. The quantitative estimate of drug-likeness (QED) is 0.166. The first kappa shape index (κ1) is 30.3. The van der Waals surface area contributed by atoms with Crippen LogP contribution in [0.4, 0.5) is 17.1 Å². The number of anilines is 3. The lowest BCUT2D eigenvalue weighted by Crippen LogP contribution is -2.11. The van der Waals surface area contributed by atoms with Crippen LogP contribution in [0, 0.1) is 0 Å². The molecule has 0 aromatic heterocycles. The average molecular weight is 696 g/mol. The standard InChI is InChI=1S/C54H33N/c1-2-12-39-32-40(27-24-34(39)10-1)35-28-30-42(31-29-35)55(49-23-8-13-36-11-3-4-17-43(36)49)50-33-41-16-7-20-45-44-18-5-14-37-25-26-38-15-6-19-46(52(38)51(37)44)47-21-9-22-48(50)54(47)53(41)45/h1-33H. The summed E-state index contributed by atoms with van der Waals surface area (Å²) in [6.07, 6.45) is 0. The molecule has 0 unspecified atom stereocenters. The second-order valence-corrected chi connectivity index (χ2v) is 14.8. The predicted octanol–water partition coefficient (Wildman–Crippen LogP) is 15.5. The second kappa shape index (κ2) is 11.6. The zero-order valence-electron chi connectivity index (χ0n) is 30.0. The molecule has 254 valence electrons. The van der Waals surface area contributed by atoms with Gasteiger partial charge in [-0.05, 0) is 111 Å². The van der Waals surface area contributed by atoms with E-state index in [0.717, 1.165) is 17.1 Å². The lowest BCUT2D eigenvalue weighted by Gasteiger charge is -2.29. The van der Waals surface area contributed by atoms with E-state index in [2.05, 4.69) is 205 Å². The average Bonchev–Trinajstić information content (AvgIpc) is 3.25. The summed E-state index contributed by atoms with van der Waals surface area (Å²) in [6, 6.07) is 74.3. The van der Waals surface area contributed by atoms with E-state index in [4.69, 9.17) is 0 Å². The third-order valence-electron chi connectivity index (χ3n) is 11.9. The minimum atomic E-state index is 1.12. The normalized spacial score (nSPS) is 12.0. The molecule has 12 aromatic carbocycles. The third-order valence-corrected chi connectivity index (χ3v) is 11.9. The Balaban J connectivity index is 1.20. The Morgan fingerprint density at radius 2 is 0.709 bits per heavy atom. The lowest BCUT2D eigenvalue weighted by molar-refractivity contribution is 1.32. The zero-order chi connectivity index (χ0) is 36.0. The van der Waals surface area contributed by atoms with Crippen LogP contribution in [0.3, 0.4) is 0 Å². The first-order valence-electron chi connectivity index (χ1n) is 19.1. The van der Waals surface area contributed by atoms with Gasteiger partial charge >= 0.3 is 0 Å². The number of fused-ring (bicyclic) bond motifs is 4. The molecule has 0 radical (unpaired) electrons. The monoisotopic (exact) mass is 695 g/mol. The highest BCUT2D eigenvalue weighted by atomic mass is 15.1. The topological polar surface area (TPSA) is 3.24 Å². The summed E-state index contributed by atoms with van der Waals surface area (Å²) < 4.78 is 0. The molecule has 0 bridgehead atoms. The summed E-state index contributed by atoms with van der Waals surface area (Å²) in [7, 11) is 0. The fraction of sp³-hybridized carbons (Fsp3) is 0. The Labute approximate surface area is 318 Å². The van der Waals surface area contributed by atoms with Crippen LogP contribution in [0.25, 0.3) is 97.3 Å². The molecule has 1 heteroatoms. The van der Waals surface area contributed by atoms with Crippen molar-refractivity contribution < 1.29 is 0 Å². The summed E-state index contributed by atoms with van der Waals surface area (Å²) in [5.41, 5.74) is 5.85. The number of nitrogens with zero attached hydrogens (tertiary/aromatic N) is 1. The molecular formula is C54H33N. The highest BCUT2D eigenvalue weighted by molar-refractivity contribution is 6.38. The van der Waals surface area contributed by atoms with Gasteiger partial charge in [0.15, 0.2) is 0 Å². The molecule has 0 spiro atoms.